The average molecular weight is 253 g/mol. The Balaban J connectivity index is 0.00000144. The maximum absolute atomic E-state index is 11.5. The van der Waals surface area contributed by atoms with Gasteiger partial charge in [0.2, 0.25) is 0 Å². The van der Waals surface area contributed by atoms with Gasteiger partial charge in [-0.2, -0.15) is 0 Å². The molecule has 0 fully saturated rings. The number of fused-ring (bicyclic) bond motifs is 1. The molecule has 0 saturated heterocycles. The highest BCUT2D eigenvalue weighted by molar-refractivity contribution is 5.98. The van der Waals surface area contributed by atoms with E-state index < -0.39 is 0 Å². The molecule has 5 heteroatoms. The van der Waals surface area contributed by atoms with Gasteiger partial charge >= 0.3 is 5.97 Å². The molecule has 0 aliphatic carbocycles. The number of aromatic nitrogens is 1. The van der Waals surface area contributed by atoms with Gasteiger partial charge in [0.15, 0.2) is 0 Å². The van der Waals surface area contributed by atoms with Crippen molar-refractivity contribution in [3.63, 3.8) is 0 Å². The summed E-state index contributed by atoms with van der Waals surface area (Å²) in [5.74, 6) is 0.0799. The van der Waals surface area contributed by atoms with E-state index in [1.165, 1.54) is 0 Å². The number of hydrogen-bond acceptors (Lipinski definition) is 4. The van der Waals surface area contributed by atoms with E-state index in [1.54, 1.807) is 25.3 Å². The first-order valence-corrected chi connectivity index (χ1v) is 5.03. The normalized spacial score (nSPS) is 9.71. The van der Waals surface area contributed by atoms with Crippen LogP contribution in [0.2, 0.25) is 0 Å². The zero-order valence-corrected chi connectivity index (χ0v) is 10.2. The fourth-order valence-electron chi connectivity index (χ4n) is 1.53. The van der Waals surface area contributed by atoms with Gasteiger partial charge in [0, 0.05) is 11.6 Å². The summed E-state index contributed by atoms with van der Waals surface area (Å²) in [6.07, 6.45) is 1.64. The Morgan fingerprint density at radius 1 is 1.41 bits per heavy atom. The minimum atomic E-state index is -0.340. The van der Waals surface area contributed by atoms with E-state index in [1.807, 2.05) is 12.1 Å². The van der Waals surface area contributed by atoms with Crippen LogP contribution in [-0.2, 0) is 4.74 Å². The molecule has 2 rings (SSSR count). The molecule has 0 unspecified atom stereocenters. The van der Waals surface area contributed by atoms with Gasteiger partial charge in [-0.15, -0.1) is 12.4 Å². The van der Waals surface area contributed by atoms with Crippen molar-refractivity contribution in [1.29, 1.82) is 0 Å². The van der Waals surface area contributed by atoms with Crippen molar-refractivity contribution in [1.82, 2.24) is 4.98 Å². The predicted molar refractivity (Wildman–Crippen MR) is 69.4 cm³/mol. The molecule has 0 aliphatic rings. The predicted octanol–water partition coefficient (Wildman–Crippen LogP) is 2.42. The summed E-state index contributed by atoms with van der Waals surface area (Å²) in [6.45, 7) is 2.13. The third-order valence-electron chi connectivity index (χ3n) is 2.31. The van der Waals surface area contributed by atoms with Crippen molar-refractivity contribution in [2.75, 3.05) is 12.3 Å². The summed E-state index contributed by atoms with van der Waals surface area (Å²) in [5, 5.41) is 1.73. The number of hydrogen-bond donors (Lipinski definition) is 1. The second-order valence-electron chi connectivity index (χ2n) is 3.35. The highest BCUT2D eigenvalue weighted by Crippen LogP contribution is 2.20. The molecular weight excluding hydrogens is 240 g/mol. The van der Waals surface area contributed by atoms with Crippen molar-refractivity contribution < 1.29 is 9.53 Å². The summed E-state index contributed by atoms with van der Waals surface area (Å²) in [4.78, 5) is 15.5. The van der Waals surface area contributed by atoms with E-state index in [2.05, 4.69) is 4.98 Å². The quantitative estimate of drug-likeness (QED) is 0.834. The number of pyridine rings is 1. The molecule has 0 bridgehead atoms. The highest BCUT2D eigenvalue weighted by atomic mass is 35.5. The van der Waals surface area contributed by atoms with Crippen molar-refractivity contribution in [3.8, 4) is 0 Å². The Bertz CT molecular complexity index is 543. The first-order valence-electron chi connectivity index (χ1n) is 5.03. The van der Waals surface area contributed by atoms with E-state index in [0.717, 1.165) is 10.8 Å². The monoisotopic (exact) mass is 252 g/mol. The maximum Gasteiger partial charge on any atom is 0.338 e. The number of rotatable bonds is 2. The zero-order chi connectivity index (χ0) is 11.5. The number of nitrogens with two attached hydrogens (primary N) is 1. The minimum Gasteiger partial charge on any atom is -0.462 e. The summed E-state index contributed by atoms with van der Waals surface area (Å²) >= 11 is 0. The molecule has 0 amide bonds. The third-order valence-corrected chi connectivity index (χ3v) is 2.31. The number of ether oxygens (including phenoxy) is 1. The molecule has 0 saturated carbocycles. The van der Waals surface area contributed by atoms with Crippen molar-refractivity contribution in [2.24, 2.45) is 0 Å². The van der Waals surface area contributed by atoms with Crippen LogP contribution < -0.4 is 5.73 Å². The summed E-state index contributed by atoms with van der Waals surface area (Å²) in [7, 11) is 0. The standard InChI is InChI=1S/C12H12N2O2.ClH/c1-2-16-12(15)9-4-3-8-5-6-14-11(13)10(8)7-9;/h3-7H,2H2,1H3,(H2,13,14);1H. The Labute approximate surface area is 105 Å². The largest absolute Gasteiger partial charge is 0.462 e. The molecule has 17 heavy (non-hydrogen) atoms. The third kappa shape index (κ3) is 2.65. The smallest absolute Gasteiger partial charge is 0.338 e. The molecule has 2 aromatic rings. The van der Waals surface area contributed by atoms with E-state index in [-0.39, 0.29) is 18.4 Å². The van der Waals surface area contributed by atoms with E-state index >= 15 is 0 Å². The topological polar surface area (TPSA) is 65.2 Å². The fourth-order valence-corrected chi connectivity index (χ4v) is 1.53. The van der Waals surface area contributed by atoms with Gasteiger partial charge in [0.25, 0.3) is 0 Å². The van der Waals surface area contributed by atoms with Crippen LogP contribution >= 0.6 is 12.4 Å². The SMILES string of the molecule is CCOC(=O)c1ccc2ccnc(N)c2c1.Cl. The van der Waals surface area contributed by atoms with Crippen LogP contribution in [0.5, 0.6) is 0 Å². The van der Waals surface area contributed by atoms with Gasteiger partial charge in [-0.25, -0.2) is 9.78 Å². The average Bonchev–Trinajstić information content (AvgIpc) is 2.29. The first kappa shape index (κ1) is 13.3. The summed E-state index contributed by atoms with van der Waals surface area (Å²) in [6, 6.07) is 7.11. The number of carbonyl (C=O) groups is 1. The molecule has 4 nitrogen and oxygen atoms in total. The van der Waals surface area contributed by atoms with Gasteiger partial charge in [-0.1, -0.05) is 6.07 Å². The van der Waals surface area contributed by atoms with Crippen LogP contribution in [0, 0.1) is 0 Å². The van der Waals surface area contributed by atoms with Gasteiger partial charge < -0.3 is 10.5 Å². The Kier molecular flexibility index (Phi) is 4.29. The number of esters is 1. The molecule has 1 aromatic carbocycles. The van der Waals surface area contributed by atoms with Gasteiger partial charge in [-0.3, -0.25) is 0 Å². The van der Waals surface area contributed by atoms with E-state index in [4.69, 9.17) is 10.5 Å². The Hall–Kier alpha value is -1.81. The second kappa shape index (κ2) is 5.50. The van der Waals surface area contributed by atoms with Crippen LogP contribution in [0.4, 0.5) is 5.82 Å². The van der Waals surface area contributed by atoms with Gasteiger partial charge in [0.05, 0.1) is 12.2 Å². The molecule has 0 radical (unpaired) electrons. The van der Waals surface area contributed by atoms with Crippen LogP contribution in [-0.4, -0.2) is 17.6 Å². The lowest BCUT2D eigenvalue weighted by atomic mass is 10.1. The minimum absolute atomic E-state index is 0. The number of halogens is 1. The fraction of sp³-hybridized carbons (Fsp3) is 0.167. The number of anilines is 1. The van der Waals surface area contributed by atoms with Crippen molar-refractivity contribution in [2.45, 2.75) is 6.92 Å². The lowest BCUT2D eigenvalue weighted by molar-refractivity contribution is 0.0526. The molecule has 1 heterocycles. The molecule has 0 atom stereocenters. The molecule has 0 spiro atoms. The Morgan fingerprint density at radius 3 is 2.88 bits per heavy atom. The summed E-state index contributed by atoms with van der Waals surface area (Å²) in [5.41, 5.74) is 6.23. The molecule has 2 N–H and O–H groups in total. The molecule has 1 aromatic heterocycles. The van der Waals surface area contributed by atoms with E-state index in [0.29, 0.717) is 18.0 Å². The first-order chi connectivity index (χ1) is 7.72. The number of benzene rings is 1. The van der Waals surface area contributed by atoms with Crippen molar-refractivity contribution in [3.05, 3.63) is 36.0 Å². The zero-order valence-electron chi connectivity index (χ0n) is 9.34. The van der Waals surface area contributed by atoms with Crippen LogP contribution in [0.1, 0.15) is 17.3 Å². The van der Waals surface area contributed by atoms with Crippen LogP contribution in [0.3, 0.4) is 0 Å². The van der Waals surface area contributed by atoms with Gasteiger partial charge in [-0.05, 0) is 30.5 Å². The number of nitrogens with zero attached hydrogens (tertiary/aromatic N) is 1. The van der Waals surface area contributed by atoms with Gasteiger partial charge in [0.1, 0.15) is 5.82 Å². The number of carbonyl (C=O) groups excluding carboxylic acids is 1. The lowest BCUT2D eigenvalue weighted by Gasteiger charge is -2.04. The van der Waals surface area contributed by atoms with Crippen LogP contribution in [0.15, 0.2) is 30.5 Å². The highest BCUT2D eigenvalue weighted by Gasteiger charge is 2.08. The maximum atomic E-state index is 11.5. The van der Waals surface area contributed by atoms with E-state index in [9.17, 15) is 4.79 Å². The lowest BCUT2D eigenvalue weighted by Crippen LogP contribution is -2.04. The number of nitrogen functional groups attached to an aromatic ring is 1. The second-order valence-corrected chi connectivity index (χ2v) is 3.35. The van der Waals surface area contributed by atoms with Crippen LogP contribution in [0.25, 0.3) is 10.8 Å². The molecular formula is C12H13ClN2O2. The summed E-state index contributed by atoms with van der Waals surface area (Å²) < 4.78 is 4.92. The molecule has 90 valence electrons. The van der Waals surface area contributed by atoms with Crippen molar-refractivity contribution >= 4 is 35.0 Å². The Morgan fingerprint density at radius 2 is 2.18 bits per heavy atom. The molecule has 0 aliphatic heterocycles.